The van der Waals surface area contributed by atoms with E-state index in [2.05, 4.69) is 4.98 Å². The van der Waals surface area contributed by atoms with E-state index in [1.807, 2.05) is 29.9 Å². The average molecular weight is 191 g/mol. The van der Waals surface area contributed by atoms with Crippen LogP contribution in [0, 0.1) is 0 Å². The van der Waals surface area contributed by atoms with Gasteiger partial charge < -0.3 is 14.7 Å². The van der Waals surface area contributed by atoms with E-state index < -0.39 is 0 Å². The summed E-state index contributed by atoms with van der Waals surface area (Å²) < 4.78 is 7.10. The van der Waals surface area contributed by atoms with Crippen LogP contribution in [0.3, 0.4) is 0 Å². The molecule has 0 aliphatic rings. The van der Waals surface area contributed by atoms with Gasteiger partial charge in [-0.15, -0.1) is 0 Å². The lowest BCUT2D eigenvalue weighted by Crippen LogP contribution is -2.13. The summed E-state index contributed by atoms with van der Waals surface area (Å²) in [4.78, 5) is 4.19. The maximum Gasteiger partial charge on any atom is 0.105 e. The molecular formula is C10H13N3O. The molecule has 0 saturated heterocycles. The van der Waals surface area contributed by atoms with Gasteiger partial charge in [0.25, 0.3) is 0 Å². The Morgan fingerprint density at radius 2 is 2.50 bits per heavy atom. The number of rotatable bonds is 3. The summed E-state index contributed by atoms with van der Waals surface area (Å²) >= 11 is 0. The van der Waals surface area contributed by atoms with Crippen LogP contribution in [0.25, 0.3) is 0 Å². The van der Waals surface area contributed by atoms with Gasteiger partial charge in [0.05, 0.1) is 24.3 Å². The van der Waals surface area contributed by atoms with Crippen molar-refractivity contribution in [3.63, 3.8) is 0 Å². The van der Waals surface area contributed by atoms with Gasteiger partial charge in [0.15, 0.2) is 0 Å². The Kier molecular flexibility index (Phi) is 2.37. The number of furan rings is 1. The molecule has 0 radical (unpaired) electrons. The van der Waals surface area contributed by atoms with Gasteiger partial charge in [0.2, 0.25) is 0 Å². The first-order valence-corrected chi connectivity index (χ1v) is 4.51. The standard InChI is InChI=1S/C10H13N3O/c1-13-6-10(12-7-13)9(11)5-8-3-2-4-14-8/h2-4,6-7,9H,5,11H2,1H3. The van der Waals surface area contributed by atoms with E-state index in [0.717, 1.165) is 11.5 Å². The lowest BCUT2D eigenvalue weighted by molar-refractivity contribution is 0.486. The highest BCUT2D eigenvalue weighted by atomic mass is 16.3. The molecule has 14 heavy (non-hydrogen) atoms. The second-order valence-electron chi connectivity index (χ2n) is 3.35. The van der Waals surface area contributed by atoms with Crippen LogP contribution in [0.1, 0.15) is 17.5 Å². The lowest BCUT2D eigenvalue weighted by atomic mass is 10.1. The molecule has 2 N–H and O–H groups in total. The van der Waals surface area contributed by atoms with Crippen LogP contribution in [0.2, 0.25) is 0 Å². The molecular weight excluding hydrogens is 178 g/mol. The molecule has 0 bridgehead atoms. The van der Waals surface area contributed by atoms with Gasteiger partial charge in [0.1, 0.15) is 5.76 Å². The van der Waals surface area contributed by atoms with Crippen molar-refractivity contribution in [3.8, 4) is 0 Å². The summed E-state index contributed by atoms with van der Waals surface area (Å²) in [6.45, 7) is 0. The van der Waals surface area contributed by atoms with Crippen molar-refractivity contribution in [1.29, 1.82) is 0 Å². The van der Waals surface area contributed by atoms with Gasteiger partial charge in [-0.1, -0.05) is 0 Å². The van der Waals surface area contributed by atoms with Crippen LogP contribution < -0.4 is 5.73 Å². The fraction of sp³-hybridized carbons (Fsp3) is 0.300. The Labute approximate surface area is 82.4 Å². The molecule has 0 fully saturated rings. The first-order chi connectivity index (χ1) is 6.75. The molecule has 2 aromatic rings. The molecule has 2 aromatic heterocycles. The van der Waals surface area contributed by atoms with Crippen molar-refractivity contribution in [3.05, 3.63) is 42.4 Å². The maximum atomic E-state index is 5.96. The third kappa shape index (κ3) is 1.85. The van der Waals surface area contributed by atoms with E-state index in [1.165, 1.54) is 0 Å². The molecule has 74 valence electrons. The molecule has 0 aliphatic heterocycles. The molecule has 0 aromatic carbocycles. The van der Waals surface area contributed by atoms with E-state index in [1.54, 1.807) is 12.6 Å². The number of hydrogen-bond acceptors (Lipinski definition) is 3. The third-order valence-corrected chi connectivity index (χ3v) is 2.11. The molecule has 0 aliphatic carbocycles. The summed E-state index contributed by atoms with van der Waals surface area (Å²) in [5, 5.41) is 0. The Morgan fingerprint density at radius 3 is 3.07 bits per heavy atom. The first kappa shape index (κ1) is 9.02. The van der Waals surface area contributed by atoms with Gasteiger partial charge in [-0.25, -0.2) is 4.98 Å². The Morgan fingerprint density at radius 1 is 1.64 bits per heavy atom. The van der Waals surface area contributed by atoms with E-state index in [-0.39, 0.29) is 6.04 Å². The van der Waals surface area contributed by atoms with E-state index in [9.17, 15) is 0 Å². The molecule has 4 heteroatoms. The normalized spacial score (nSPS) is 13.0. The monoisotopic (exact) mass is 191 g/mol. The molecule has 1 atom stereocenters. The zero-order chi connectivity index (χ0) is 9.97. The topological polar surface area (TPSA) is 57.0 Å². The summed E-state index contributed by atoms with van der Waals surface area (Å²) in [6.07, 6.45) is 6.01. The highest BCUT2D eigenvalue weighted by molar-refractivity contribution is 5.08. The Bertz CT molecular complexity index is 391. The van der Waals surface area contributed by atoms with Crippen LogP contribution in [0.15, 0.2) is 35.3 Å². The number of nitrogens with zero attached hydrogens (tertiary/aromatic N) is 2. The quantitative estimate of drug-likeness (QED) is 0.794. The summed E-state index contributed by atoms with van der Waals surface area (Å²) in [7, 11) is 1.93. The molecule has 2 heterocycles. The Hall–Kier alpha value is -1.55. The van der Waals surface area contributed by atoms with Gasteiger partial charge in [0, 0.05) is 19.7 Å². The number of aryl methyl sites for hydroxylation is 1. The van der Waals surface area contributed by atoms with Crippen LogP contribution in [0.5, 0.6) is 0 Å². The van der Waals surface area contributed by atoms with Crippen LogP contribution in [0.4, 0.5) is 0 Å². The maximum absolute atomic E-state index is 5.96. The van der Waals surface area contributed by atoms with Crippen molar-refractivity contribution in [1.82, 2.24) is 9.55 Å². The Balaban J connectivity index is 2.06. The van der Waals surface area contributed by atoms with Gasteiger partial charge >= 0.3 is 0 Å². The van der Waals surface area contributed by atoms with E-state index in [4.69, 9.17) is 10.2 Å². The lowest BCUT2D eigenvalue weighted by Gasteiger charge is -2.05. The SMILES string of the molecule is Cn1cnc(C(N)Cc2ccco2)c1. The minimum atomic E-state index is -0.0950. The summed E-state index contributed by atoms with van der Waals surface area (Å²) in [6, 6.07) is 3.69. The van der Waals surface area contributed by atoms with Crippen molar-refractivity contribution in [2.75, 3.05) is 0 Å². The zero-order valence-corrected chi connectivity index (χ0v) is 8.05. The molecule has 0 saturated carbocycles. The van der Waals surface area contributed by atoms with Crippen molar-refractivity contribution >= 4 is 0 Å². The summed E-state index contributed by atoms with van der Waals surface area (Å²) in [5.41, 5.74) is 6.86. The minimum Gasteiger partial charge on any atom is -0.469 e. The fourth-order valence-electron chi connectivity index (χ4n) is 1.37. The predicted octanol–water partition coefficient (Wildman–Crippen LogP) is 1.26. The smallest absolute Gasteiger partial charge is 0.105 e. The van der Waals surface area contributed by atoms with Crippen molar-refractivity contribution in [2.24, 2.45) is 12.8 Å². The van der Waals surface area contributed by atoms with Crippen molar-refractivity contribution in [2.45, 2.75) is 12.5 Å². The highest BCUT2D eigenvalue weighted by Crippen LogP contribution is 2.13. The van der Waals surface area contributed by atoms with Gasteiger partial charge in [-0.05, 0) is 12.1 Å². The molecule has 4 nitrogen and oxygen atoms in total. The minimum absolute atomic E-state index is 0.0950. The number of hydrogen-bond donors (Lipinski definition) is 1. The summed E-state index contributed by atoms with van der Waals surface area (Å²) in [5.74, 6) is 0.892. The molecule has 0 amide bonds. The highest BCUT2D eigenvalue weighted by Gasteiger charge is 2.10. The van der Waals surface area contributed by atoms with E-state index >= 15 is 0 Å². The second-order valence-corrected chi connectivity index (χ2v) is 3.35. The second kappa shape index (κ2) is 3.67. The number of aromatic nitrogens is 2. The molecule has 2 rings (SSSR count). The molecule has 0 spiro atoms. The third-order valence-electron chi connectivity index (χ3n) is 2.11. The zero-order valence-electron chi connectivity index (χ0n) is 8.05. The average Bonchev–Trinajstić information content (AvgIpc) is 2.75. The number of nitrogens with two attached hydrogens (primary N) is 1. The number of imidazole rings is 1. The van der Waals surface area contributed by atoms with Crippen LogP contribution in [-0.4, -0.2) is 9.55 Å². The van der Waals surface area contributed by atoms with Crippen LogP contribution in [-0.2, 0) is 13.5 Å². The van der Waals surface area contributed by atoms with E-state index in [0.29, 0.717) is 6.42 Å². The van der Waals surface area contributed by atoms with Crippen molar-refractivity contribution < 1.29 is 4.42 Å². The molecule has 1 unspecified atom stereocenters. The van der Waals surface area contributed by atoms with Gasteiger partial charge in [-0.3, -0.25) is 0 Å². The fourth-order valence-corrected chi connectivity index (χ4v) is 1.37. The largest absolute Gasteiger partial charge is 0.469 e. The first-order valence-electron chi connectivity index (χ1n) is 4.51. The van der Waals surface area contributed by atoms with Crippen LogP contribution >= 0.6 is 0 Å². The predicted molar refractivity (Wildman–Crippen MR) is 52.5 cm³/mol. The van der Waals surface area contributed by atoms with Gasteiger partial charge in [-0.2, -0.15) is 0 Å².